The van der Waals surface area contributed by atoms with Crippen LogP contribution in [0.5, 0.6) is 5.75 Å². The van der Waals surface area contributed by atoms with E-state index < -0.39 is 16.0 Å². The molecule has 0 unspecified atom stereocenters. The molecule has 1 aromatic carbocycles. The summed E-state index contributed by atoms with van der Waals surface area (Å²) in [6.45, 7) is 3.80. The monoisotopic (exact) mass is 349 g/mol. The molecule has 0 heterocycles. The van der Waals surface area contributed by atoms with E-state index >= 15 is 0 Å². The highest BCUT2D eigenvalue weighted by Gasteiger charge is 2.28. The predicted octanol–water partition coefficient (Wildman–Crippen LogP) is 2.52. The number of benzene rings is 1. The van der Waals surface area contributed by atoms with Crippen molar-refractivity contribution in [2.75, 3.05) is 13.7 Å². The largest absolute Gasteiger partial charge is 0.491 e. The van der Waals surface area contributed by atoms with Crippen molar-refractivity contribution in [3.05, 3.63) is 22.2 Å². The maximum Gasteiger partial charge on any atom is 0.341 e. The second-order valence-electron chi connectivity index (χ2n) is 4.63. The second-order valence-corrected chi connectivity index (χ2v) is 6.50. The third-order valence-electron chi connectivity index (χ3n) is 3.03. The van der Waals surface area contributed by atoms with Crippen LogP contribution >= 0.6 is 11.6 Å². The predicted molar refractivity (Wildman–Crippen MR) is 83.9 cm³/mol. The van der Waals surface area contributed by atoms with Crippen LogP contribution in [0.3, 0.4) is 0 Å². The molecule has 0 bridgehead atoms. The van der Waals surface area contributed by atoms with Gasteiger partial charge in [-0.15, -0.1) is 0 Å². The molecule has 0 amide bonds. The topological polar surface area (TPSA) is 95.7 Å². The number of unbranched alkanes of at least 4 members (excludes halogenated alkanes) is 1. The second kappa shape index (κ2) is 7.80. The fraction of sp³-hybridized carbons (Fsp3) is 0.500. The van der Waals surface area contributed by atoms with Gasteiger partial charge in [0.1, 0.15) is 10.5 Å². The number of methoxy groups -OCH3 is 1. The van der Waals surface area contributed by atoms with Gasteiger partial charge in [-0.1, -0.05) is 24.9 Å². The van der Waals surface area contributed by atoms with E-state index in [2.05, 4.69) is 0 Å². The molecule has 0 aliphatic rings. The number of ether oxygens (including phenoxy) is 2. The summed E-state index contributed by atoms with van der Waals surface area (Å²) in [4.78, 5) is 11.6. The van der Waals surface area contributed by atoms with E-state index in [0.717, 1.165) is 12.8 Å². The lowest BCUT2D eigenvalue weighted by Crippen LogP contribution is -2.18. The number of rotatable bonds is 7. The molecule has 22 heavy (non-hydrogen) atoms. The summed E-state index contributed by atoms with van der Waals surface area (Å²) < 4.78 is 33.8. The van der Waals surface area contributed by atoms with Crippen LogP contribution in [0.25, 0.3) is 0 Å². The summed E-state index contributed by atoms with van der Waals surface area (Å²) >= 11 is 6.20. The average Bonchev–Trinajstić information content (AvgIpc) is 2.44. The number of esters is 1. The van der Waals surface area contributed by atoms with E-state index in [4.69, 9.17) is 26.2 Å². The Bertz CT molecular complexity index is 658. The lowest BCUT2D eigenvalue weighted by Gasteiger charge is -2.17. The molecule has 0 radical (unpaired) electrons. The van der Waals surface area contributed by atoms with Crippen LogP contribution in [0.1, 0.15) is 42.6 Å². The lowest BCUT2D eigenvalue weighted by atomic mass is 10.0. The van der Waals surface area contributed by atoms with E-state index in [1.54, 1.807) is 6.92 Å². The Kier molecular flexibility index (Phi) is 6.65. The molecular formula is C14H20ClNO5S. The third kappa shape index (κ3) is 4.12. The molecule has 0 saturated heterocycles. The standard InChI is InChI=1S/C14H20ClNO5S/c1-4-6-7-9-8-10(14(17)20-3)12(21-5-2)13(11(9)15)22(16,18)19/h8H,4-7H2,1-3H3,(H2,16,18,19). The summed E-state index contributed by atoms with van der Waals surface area (Å²) in [5.74, 6) is -0.870. The molecule has 8 heteroatoms. The van der Waals surface area contributed by atoms with Crippen LogP contribution in [0.2, 0.25) is 5.02 Å². The number of hydrogen-bond donors (Lipinski definition) is 1. The minimum Gasteiger partial charge on any atom is -0.491 e. The minimum absolute atomic E-state index is 0.00359. The first kappa shape index (κ1) is 18.7. The van der Waals surface area contributed by atoms with E-state index in [1.807, 2.05) is 6.92 Å². The highest BCUT2D eigenvalue weighted by atomic mass is 35.5. The fourth-order valence-electron chi connectivity index (χ4n) is 2.02. The third-order valence-corrected chi connectivity index (χ3v) is 4.53. The van der Waals surface area contributed by atoms with Crippen LogP contribution in [0.15, 0.2) is 11.0 Å². The van der Waals surface area contributed by atoms with E-state index in [1.165, 1.54) is 13.2 Å². The van der Waals surface area contributed by atoms with Gasteiger partial charge in [-0.25, -0.2) is 18.4 Å². The number of nitrogens with two attached hydrogens (primary N) is 1. The van der Waals surface area contributed by atoms with Gasteiger partial charge in [0.05, 0.1) is 18.7 Å². The zero-order valence-electron chi connectivity index (χ0n) is 12.8. The Balaban J connectivity index is 3.71. The molecule has 6 nitrogen and oxygen atoms in total. The number of primary sulfonamides is 1. The van der Waals surface area contributed by atoms with Crippen molar-refractivity contribution < 1.29 is 22.7 Å². The van der Waals surface area contributed by atoms with Gasteiger partial charge in [0, 0.05) is 0 Å². The van der Waals surface area contributed by atoms with Gasteiger partial charge in [-0.05, 0) is 31.4 Å². The van der Waals surface area contributed by atoms with Crippen molar-refractivity contribution >= 4 is 27.6 Å². The van der Waals surface area contributed by atoms with Gasteiger partial charge in [-0.2, -0.15) is 0 Å². The lowest BCUT2D eigenvalue weighted by molar-refractivity contribution is 0.0595. The first-order valence-electron chi connectivity index (χ1n) is 6.87. The molecule has 124 valence electrons. The Morgan fingerprint density at radius 3 is 2.45 bits per heavy atom. The summed E-state index contributed by atoms with van der Waals surface area (Å²) in [5, 5.41) is 5.25. The van der Waals surface area contributed by atoms with Crippen molar-refractivity contribution in [1.29, 1.82) is 0 Å². The van der Waals surface area contributed by atoms with Gasteiger partial charge >= 0.3 is 5.97 Å². The molecule has 1 aromatic rings. The molecular weight excluding hydrogens is 330 g/mol. The smallest absolute Gasteiger partial charge is 0.341 e. The van der Waals surface area contributed by atoms with Gasteiger partial charge in [-0.3, -0.25) is 0 Å². The average molecular weight is 350 g/mol. The molecule has 1 rings (SSSR count). The van der Waals surface area contributed by atoms with E-state index in [-0.39, 0.29) is 27.8 Å². The zero-order valence-corrected chi connectivity index (χ0v) is 14.4. The van der Waals surface area contributed by atoms with Crippen LogP contribution in [0.4, 0.5) is 0 Å². The van der Waals surface area contributed by atoms with Gasteiger partial charge in [0.2, 0.25) is 10.0 Å². The van der Waals surface area contributed by atoms with Crippen molar-refractivity contribution in [3.8, 4) is 5.75 Å². The maximum absolute atomic E-state index is 11.9. The number of sulfonamides is 1. The first-order valence-corrected chi connectivity index (χ1v) is 8.79. The van der Waals surface area contributed by atoms with Gasteiger partial charge in [0.25, 0.3) is 0 Å². The number of carbonyl (C=O) groups excluding carboxylic acids is 1. The summed E-state index contributed by atoms with van der Waals surface area (Å²) in [5.41, 5.74) is 0.528. The zero-order chi connectivity index (χ0) is 16.9. The van der Waals surface area contributed by atoms with Crippen LogP contribution in [-0.4, -0.2) is 28.1 Å². The fourth-order valence-corrected chi connectivity index (χ4v) is 3.39. The molecule has 0 aromatic heterocycles. The number of hydrogen-bond acceptors (Lipinski definition) is 5. The van der Waals surface area contributed by atoms with E-state index in [9.17, 15) is 13.2 Å². The molecule has 0 spiro atoms. The normalized spacial score (nSPS) is 11.3. The molecule has 0 aliphatic carbocycles. The van der Waals surface area contributed by atoms with Gasteiger partial charge in [0.15, 0.2) is 5.75 Å². The van der Waals surface area contributed by atoms with Crippen molar-refractivity contribution in [1.82, 2.24) is 0 Å². The van der Waals surface area contributed by atoms with Gasteiger partial charge < -0.3 is 9.47 Å². The summed E-state index contributed by atoms with van der Waals surface area (Å²) in [6, 6.07) is 1.50. The SMILES string of the molecule is CCCCc1cc(C(=O)OC)c(OCC)c(S(N)(=O)=O)c1Cl. The maximum atomic E-state index is 11.9. The number of aryl methyl sites for hydroxylation is 1. The first-order chi connectivity index (χ1) is 10.3. The summed E-state index contributed by atoms with van der Waals surface area (Å²) in [6.07, 6.45) is 2.20. The molecule has 0 saturated carbocycles. The Morgan fingerprint density at radius 1 is 1.36 bits per heavy atom. The molecule has 0 atom stereocenters. The van der Waals surface area contributed by atoms with E-state index in [0.29, 0.717) is 12.0 Å². The Labute approximate surface area is 135 Å². The van der Waals surface area contributed by atoms with Crippen LogP contribution in [0, 0.1) is 0 Å². The molecule has 0 aliphatic heterocycles. The van der Waals surface area contributed by atoms with Crippen molar-refractivity contribution in [2.45, 2.75) is 38.0 Å². The highest BCUT2D eigenvalue weighted by Crippen LogP contribution is 2.38. The Hall–Kier alpha value is -1.31. The van der Waals surface area contributed by atoms with Crippen molar-refractivity contribution in [2.24, 2.45) is 5.14 Å². The minimum atomic E-state index is -4.16. The highest BCUT2D eigenvalue weighted by molar-refractivity contribution is 7.89. The van der Waals surface area contributed by atoms with Crippen LogP contribution < -0.4 is 9.88 Å². The molecule has 0 fully saturated rings. The Morgan fingerprint density at radius 2 is 2.00 bits per heavy atom. The summed E-state index contributed by atoms with van der Waals surface area (Å²) in [7, 11) is -2.96. The molecule has 2 N–H and O–H groups in total. The number of carbonyl (C=O) groups is 1. The van der Waals surface area contributed by atoms with Crippen molar-refractivity contribution in [3.63, 3.8) is 0 Å². The quantitative estimate of drug-likeness (QED) is 0.763. The number of halogens is 1. The van der Waals surface area contributed by atoms with Crippen LogP contribution in [-0.2, 0) is 21.2 Å².